The quantitative estimate of drug-likeness (QED) is 0.911. The maximum Gasteiger partial charge on any atom is 0.250 e. The van der Waals surface area contributed by atoms with Crippen molar-refractivity contribution >= 4 is 11.7 Å². The number of rotatable bonds is 4. The third-order valence-electron chi connectivity index (χ3n) is 3.67. The van der Waals surface area contributed by atoms with Crippen LogP contribution >= 0.6 is 0 Å². The summed E-state index contributed by atoms with van der Waals surface area (Å²) in [6, 6.07) is 7.41. The molecule has 0 radical (unpaired) electrons. The predicted molar refractivity (Wildman–Crippen MR) is 82.8 cm³/mol. The van der Waals surface area contributed by atoms with E-state index in [-0.39, 0.29) is 0 Å². The van der Waals surface area contributed by atoms with Crippen LogP contribution in [-0.2, 0) is 11.2 Å². The highest BCUT2D eigenvalue weighted by atomic mass is 16.5. The molecule has 1 saturated heterocycles. The summed E-state index contributed by atoms with van der Waals surface area (Å²) >= 11 is 0. The van der Waals surface area contributed by atoms with Crippen molar-refractivity contribution < 1.29 is 9.53 Å². The summed E-state index contributed by atoms with van der Waals surface area (Å²) in [4.78, 5) is 22.4. The largest absolute Gasteiger partial charge is 0.378 e. The number of morpholine rings is 1. The fraction of sp³-hybridized carbons (Fsp3) is 0.312. The minimum Gasteiger partial charge on any atom is -0.378 e. The van der Waals surface area contributed by atoms with E-state index in [1.165, 1.54) is 0 Å². The summed E-state index contributed by atoms with van der Waals surface area (Å²) in [6.07, 6.45) is 4.02. The normalized spacial score (nSPS) is 14.8. The Labute approximate surface area is 128 Å². The molecular formula is C16H18N4O2. The summed E-state index contributed by atoms with van der Waals surface area (Å²) in [5.41, 5.74) is 7.51. The Balaban J connectivity index is 1.75. The monoisotopic (exact) mass is 298 g/mol. The van der Waals surface area contributed by atoms with Gasteiger partial charge in [-0.3, -0.25) is 9.78 Å². The molecule has 0 atom stereocenters. The molecule has 0 spiro atoms. The fourth-order valence-corrected chi connectivity index (χ4v) is 2.50. The van der Waals surface area contributed by atoms with E-state index >= 15 is 0 Å². The van der Waals surface area contributed by atoms with Crippen LogP contribution in [0.3, 0.4) is 0 Å². The van der Waals surface area contributed by atoms with Crippen LogP contribution in [0.5, 0.6) is 0 Å². The van der Waals surface area contributed by atoms with Crippen molar-refractivity contribution in [3.8, 4) is 0 Å². The molecule has 3 heterocycles. The summed E-state index contributed by atoms with van der Waals surface area (Å²) < 4.78 is 5.34. The number of ether oxygens (including phenoxy) is 1. The number of hydrogen-bond donors (Lipinski definition) is 1. The van der Waals surface area contributed by atoms with Gasteiger partial charge in [-0.05, 0) is 23.8 Å². The highest BCUT2D eigenvalue weighted by molar-refractivity contribution is 5.93. The van der Waals surface area contributed by atoms with Crippen LogP contribution in [-0.4, -0.2) is 42.2 Å². The molecule has 2 N–H and O–H groups in total. The van der Waals surface area contributed by atoms with E-state index in [2.05, 4.69) is 14.9 Å². The van der Waals surface area contributed by atoms with Crippen molar-refractivity contribution in [3.63, 3.8) is 0 Å². The topological polar surface area (TPSA) is 81.3 Å². The number of carbonyl (C=O) groups is 1. The van der Waals surface area contributed by atoms with E-state index < -0.39 is 5.91 Å². The van der Waals surface area contributed by atoms with Crippen LogP contribution < -0.4 is 10.6 Å². The standard InChI is InChI=1S/C16H18N4O2/c17-16(21)13-2-1-5-18-14(13)10-12-3-4-15(19-11-12)20-6-8-22-9-7-20/h1-5,11H,6-10H2,(H2,17,21). The van der Waals surface area contributed by atoms with Gasteiger partial charge in [0.1, 0.15) is 5.82 Å². The zero-order chi connectivity index (χ0) is 15.4. The van der Waals surface area contributed by atoms with E-state index in [1.807, 2.05) is 18.3 Å². The molecule has 2 aromatic rings. The first kappa shape index (κ1) is 14.5. The Kier molecular flexibility index (Phi) is 4.29. The van der Waals surface area contributed by atoms with Gasteiger partial charge in [0.2, 0.25) is 0 Å². The molecule has 2 aromatic heterocycles. The van der Waals surface area contributed by atoms with Gasteiger partial charge in [0.15, 0.2) is 0 Å². The Morgan fingerprint density at radius 3 is 2.73 bits per heavy atom. The number of primary amides is 1. The van der Waals surface area contributed by atoms with E-state index in [0.29, 0.717) is 17.7 Å². The third-order valence-corrected chi connectivity index (χ3v) is 3.67. The molecule has 1 fully saturated rings. The van der Waals surface area contributed by atoms with Crippen molar-refractivity contribution in [2.24, 2.45) is 5.73 Å². The third kappa shape index (κ3) is 3.23. The zero-order valence-corrected chi connectivity index (χ0v) is 12.2. The molecule has 22 heavy (non-hydrogen) atoms. The Morgan fingerprint density at radius 2 is 2.05 bits per heavy atom. The number of carbonyl (C=O) groups excluding carboxylic acids is 1. The lowest BCUT2D eigenvalue weighted by Crippen LogP contribution is -2.36. The molecule has 0 aromatic carbocycles. The predicted octanol–water partition coefficient (Wildman–Crippen LogP) is 1.00. The number of nitrogens with zero attached hydrogens (tertiary/aromatic N) is 3. The lowest BCUT2D eigenvalue weighted by molar-refractivity contribution is 0.0999. The lowest BCUT2D eigenvalue weighted by Gasteiger charge is -2.27. The second-order valence-corrected chi connectivity index (χ2v) is 5.16. The van der Waals surface area contributed by atoms with Gasteiger partial charge in [0, 0.05) is 31.9 Å². The molecule has 6 nitrogen and oxygen atoms in total. The van der Waals surface area contributed by atoms with Gasteiger partial charge in [-0.2, -0.15) is 0 Å². The van der Waals surface area contributed by atoms with Crippen LogP contribution in [0, 0.1) is 0 Å². The second-order valence-electron chi connectivity index (χ2n) is 5.16. The van der Waals surface area contributed by atoms with Gasteiger partial charge in [0.25, 0.3) is 5.91 Å². The van der Waals surface area contributed by atoms with Gasteiger partial charge >= 0.3 is 0 Å². The van der Waals surface area contributed by atoms with Crippen LogP contribution in [0.1, 0.15) is 21.6 Å². The van der Waals surface area contributed by atoms with Crippen LogP contribution in [0.4, 0.5) is 5.82 Å². The molecule has 6 heteroatoms. The fourth-order valence-electron chi connectivity index (χ4n) is 2.50. The lowest BCUT2D eigenvalue weighted by atomic mass is 10.1. The first-order valence-electron chi connectivity index (χ1n) is 7.25. The van der Waals surface area contributed by atoms with Crippen molar-refractivity contribution in [2.75, 3.05) is 31.2 Å². The molecule has 3 rings (SSSR count). The zero-order valence-electron chi connectivity index (χ0n) is 12.2. The SMILES string of the molecule is NC(=O)c1cccnc1Cc1ccc(N2CCOCC2)nc1. The maximum absolute atomic E-state index is 11.4. The highest BCUT2D eigenvalue weighted by Gasteiger charge is 2.13. The van der Waals surface area contributed by atoms with E-state index in [9.17, 15) is 4.79 Å². The molecule has 1 aliphatic heterocycles. The first-order chi connectivity index (χ1) is 10.7. The summed E-state index contributed by atoms with van der Waals surface area (Å²) in [5.74, 6) is 0.490. The van der Waals surface area contributed by atoms with Crippen molar-refractivity contribution in [1.82, 2.24) is 9.97 Å². The summed E-state index contributed by atoms with van der Waals surface area (Å²) in [7, 11) is 0. The van der Waals surface area contributed by atoms with E-state index in [1.54, 1.807) is 18.3 Å². The number of hydrogen-bond acceptors (Lipinski definition) is 5. The number of amides is 1. The maximum atomic E-state index is 11.4. The van der Waals surface area contributed by atoms with Gasteiger partial charge in [-0.1, -0.05) is 6.07 Å². The van der Waals surface area contributed by atoms with Gasteiger partial charge in [-0.25, -0.2) is 4.98 Å². The number of aromatic nitrogens is 2. The minimum atomic E-state index is -0.457. The molecule has 1 amide bonds. The number of nitrogens with two attached hydrogens (primary N) is 1. The average Bonchev–Trinajstić information content (AvgIpc) is 2.57. The smallest absolute Gasteiger partial charge is 0.250 e. The van der Waals surface area contributed by atoms with Crippen LogP contribution in [0.2, 0.25) is 0 Å². The number of pyridine rings is 2. The Bertz CT molecular complexity index is 651. The van der Waals surface area contributed by atoms with Gasteiger partial charge < -0.3 is 15.4 Å². The second kappa shape index (κ2) is 6.53. The van der Waals surface area contributed by atoms with Crippen LogP contribution in [0.25, 0.3) is 0 Å². The van der Waals surface area contributed by atoms with Crippen molar-refractivity contribution in [3.05, 3.63) is 53.5 Å². The summed E-state index contributed by atoms with van der Waals surface area (Å²) in [5, 5.41) is 0. The molecule has 0 saturated carbocycles. The Hall–Kier alpha value is -2.47. The van der Waals surface area contributed by atoms with Crippen LogP contribution in [0.15, 0.2) is 36.7 Å². The van der Waals surface area contributed by atoms with Gasteiger partial charge in [0.05, 0.1) is 24.5 Å². The molecule has 0 unspecified atom stereocenters. The minimum absolute atomic E-state index is 0.457. The molecule has 0 aliphatic carbocycles. The highest BCUT2D eigenvalue weighted by Crippen LogP contribution is 2.16. The molecular weight excluding hydrogens is 280 g/mol. The summed E-state index contributed by atoms with van der Waals surface area (Å²) in [6.45, 7) is 3.19. The van der Waals surface area contributed by atoms with E-state index in [4.69, 9.17) is 10.5 Å². The average molecular weight is 298 g/mol. The van der Waals surface area contributed by atoms with Crippen molar-refractivity contribution in [1.29, 1.82) is 0 Å². The van der Waals surface area contributed by atoms with Gasteiger partial charge in [-0.15, -0.1) is 0 Å². The Morgan fingerprint density at radius 1 is 1.23 bits per heavy atom. The molecule has 0 bridgehead atoms. The molecule has 1 aliphatic rings. The molecule has 114 valence electrons. The van der Waals surface area contributed by atoms with E-state index in [0.717, 1.165) is 37.7 Å². The van der Waals surface area contributed by atoms with Crippen molar-refractivity contribution in [2.45, 2.75) is 6.42 Å². The number of anilines is 1. The first-order valence-corrected chi connectivity index (χ1v) is 7.25.